The van der Waals surface area contributed by atoms with Gasteiger partial charge in [-0.05, 0) is 48.9 Å². The van der Waals surface area contributed by atoms with Gasteiger partial charge in [0.15, 0.2) is 11.5 Å². The highest BCUT2D eigenvalue weighted by Gasteiger charge is 2.14. The number of methoxy groups -OCH3 is 2. The minimum absolute atomic E-state index is 0.0141. The zero-order valence-corrected chi connectivity index (χ0v) is 17.0. The molecular formula is C21H27ClN2O3. The van der Waals surface area contributed by atoms with E-state index < -0.39 is 0 Å². The molecule has 1 atom stereocenters. The van der Waals surface area contributed by atoms with Crippen LogP contribution in [0.15, 0.2) is 42.5 Å². The molecule has 0 fully saturated rings. The molecule has 2 aromatic carbocycles. The SMILES string of the molecule is CCN(CC(=O)NC(C)c1ccc(Cl)cc1)Cc1ccc(OC)c(OC)c1. The molecule has 1 amide bonds. The summed E-state index contributed by atoms with van der Waals surface area (Å²) in [5, 5.41) is 3.72. The third-order valence-electron chi connectivity index (χ3n) is 4.42. The van der Waals surface area contributed by atoms with Gasteiger partial charge in [-0.15, -0.1) is 0 Å². The molecule has 6 heteroatoms. The van der Waals surface area contributed by atoms with Crippen LogP contribution in [0.1, 0.15) is 31.0 Å². The van der Waals surface area contributed by atoms with Crippen molar-refractivity contribution in [3.05, 3.63) is 58.6 Å². The number of carbonyl (C=O) groups excluding carboxylic acids is 1. The zero-order chi connectivity index (χ0) is 19.8. The first kappa shape index (κ1) is 21.1. The van der Waals surface area contributed by atoms with Crippen molar-refractivity contribution in [2.75, 3.05) is 27.3 Å². The van der Waals surface area contributed by atoms with Crippen LogP contribution in [0.4, 0.5) is 0 Å². The average Bonchev–Trinajstić information content (AvgIpc) is 2.67. The summed E-state index contributed by atoms with van der Waals surface area (Å²) in [6, 6.07) is 13.2. The van der Waals surface area contributed by atoms with Crippen molar-refractivity contribution in [2.45, 2.75) is 26.4 Å². The first-order valence-corrected chi connectivity index (χ1v) is 9.32. The van der Waals surface area contributed by atoms with E-state index in [1.807, 2.05) is 56.3 Å². The van der Waals surface area contributed by atoms with E-state index in [1.54, 1.807) is 14.2 Å². The molecule has 0 bridgehead atoms. The molecule has 0 aliphatic rings. The summed E-state index contributed by atoms with van der Waals surface area (Å²) in [5.74, 6) is 1.37. The third kappa shape index (κ3) is 6.15. The van der Waals surface area contributed by atoms with Crippen molar-refractivity contribution in [2.24, 2.45) is 0 Å². The van der Waals surface area contributed by atoms with Gasteiger partial charge in [-0.2, -0.15) is 0 Å². The van der Waals surface area contributed by atoms with E-state index in [0.29, 0.717) is 29.6 Å². The van der Waals surface area contributed by atoms with Crippen LogP contribution in [0.3, 0.4) is 0 Å². The molecule has 2 aromatic rings. The average molecular weight is 391 g/mol. The van der Waals surface area contributed by atoms with E-state index in [1.165, 1.54) is 0 Å². The van der Waals surface area contributed by atoms with Crippen LogP contribution >= 0.6 is 11.6 Å². The molecule has 0 spiro atoms. The highest BCUT2D eigenvalue weighted by atomic mass is 35.5. The van der Waals surface area contributed by atoms with Gasteiger partial charge >= 0.3 is 0 Å². The van der Waals surface area contributed by atoms with Gasteiger partial charge in [0.05, 0.1) is 26.8 Å². The maximum Gasteiger partial charge on any atom is 0.234 e. The summed E-state index contributed by atoms with van der Waals surface area (Å²) in [4.78, 5) is 14.5. The quantitative estimate of drug-likeness (QED) is 0.701. The fraction of sp³-hybridized carbons (Fsp3) is 0.381. The first-order valence-electron chi connectivity index (χ1n) is 8.94. The number of amides is 1. The number of rotatable bonds is 9. The number of nitrogens with zero attached hydrogens (tertiary/aromatic N) is 1. The minimum Gasteiger partial charge on any atom is -0.493 e. The van der Waals surface area contributed by atoms with Crippen LogP contribution in [-0.2, 0) is 11.3 Å². The van der Waals surface area contributed by atoms with Crippen molar-refractivity contribution < 1.29 is 14.3 Å². The second-order valence-corrected chi connectivity index (χ2v) is 6.77. The molecule has 1 N–H and O–H groups in total. The van der Waals surface area contributed by atoms with Gasteiger partial charge in [0.2, 0.25) is 5.91 Å². The lowest BCUT2D eigenvalue weighted by molar-refractivity contribution is -0.123. The summed E-state index contributed by atoms with van der Waals surface area (Å²) < 4.78 is 10.6. The summed E-state index contributed by atoms with van der Waals surface area (Å²) in [7, 11) is 3.23. The standard InChI is InChI=1S/C21H27ClN2O3/c1-5-24(13-16-6-11-19(26-3)20(12-16)27-4)14-21(25)23-15(2)17-7-9-18(22)10-8-17/h6-12,15H,5,13-14H2,1-4H3,(H,23,25). The van der Waals surface area contributed by atoms with Gasteiger partial charge in [-0.3, -0.25) is 9.69 Å². The Balaban J connectivity index is 1.95. The second-order valence-electron chi connectivity index (χ2n) is 6.33. The van der Waals surface area contributed by atoms with Crippen LogP contribution < -0.4 is 14.8 Å². The second kappa shape index (κ2) is 10.2. The van der Waals surface area contributed by atoms with Crippen molar-refractivity contribution >= 4 is 17.5 Å². The van der Waals surface area contributed by atoms with Gasteiger partial charge in [0, 0.05) is 11.6 Å². The van der Waals surface area contributed by atoms with Crippen LogP contribution in [0, 0.1) is 0 Å². The fourth-order valence-corrected chi connectivity index (χ4v) is 2.97. The predicted octanol–water partition coefficient (Wildman–Crippen LogP) is 4.06. The normalized spacial score (nSPS) is 11.9. The van der Waals surface area contributed by atoms with Crippen LogP contribution in [-0.4, -0.2) is 38.1 Å². The van der Waals surface area contributed by atoms with E-state index in [-0.39, 0.29) is 11.9 Å². The van der Waals surface area contributed by atoms with Crippen molar-refractivity contribution in [1.82, 2.24) is 10.2 Å². The Bertz CT molecular complexity index is 750. The highest BCUT2D eigenvalue weighted by molar-refractivity contribution is 6.30. The van der Waals surface area contributed by atoms with E-state index in [4.69, 9.17) is 21.1 Å². The summed E-state index contributed by atoms with van der Waals surface area (Å²) in [5.41, 5.74) is 2.09. The molecule has 27 heavy (non-hydrogen) atoms. The monoisotopic (exact) mass is 390 g/mol. The van der Waals surface area contributed by atoms with Crippen LogP contribution in [0.5, 0.6) is 11.5 Å². The smallest absolute Gasteiger partial charge is 0.234 e. The zero-order valence-electron chi connectivity index (χ0n) is 16.3. The lowest BCUT2D eigenvalue weighted by Gasteiger charge is -2.22. The number of likely N-dealkylation sites (N-methyl/N-ethyl adjacent to an activating group) is 1. The van der Waals surface area contributed by atoms with Crippen LogP contribution in [0.25, 0.3) is 0 Å². The lowest BCUT2D eigenvalue weighted by atomic mass is 10.1. The Morgan fingerprint density at radius 2 is 1.78 bits per heavy atom. The van der Waals surface area contributed by atoms with Gasteiger partial charge in [0.1, 0.15) is 0 Å². The maximum absolute atomic E-state index is 12.5. The molecule has 0 saturated carbocycles. The van der Waals surface area contributed by atoms with Crippen LogP contribution in [0.2, 0.25) is 5.02 Å². The maximum atomic E-state index is 12.5. The predicted molar refractivity (Wildman–Crippen MR) is 109 cm³/mol. The summed E-state index contributed by atoms with van der Waals surface area (Å²) in [6.45, 7) is 5.74. The largest absolute Gasteiger partial charge is 0.493 e. The number of nitrogens with one attached hydrogen (secondary N) is 1. The van der Waals surface area contributed by atoms with Crippen molar-refractivity contribution in [3.8, 4) is 11.5 Å². The topological polar surface area (TPSA) is 50.8 Å². The Hall–Kier alpha value is -2.24. The highest BCUT2D eigenvalue weighted by Crippen LogP contribution is 2.28. The Morgan fingerprint density at radius 3 is 2.37 bits per heavy atom. The molecule has 0 aromatic heterocycles. The molecule has 146 valence electrons. The molecule has 0 heterocycles. The molecular weight excluding hydrogens is 364 g/mol. The lowest BCUT2D eigenvalue weighted by Crippen LogP contribution is -2.38. The molecule has 1 unspecified atom stereocenters. The molecule has 5 nitrogen and oxygen atoms in total. The number of halogens is 1. The van der Waals surface area contributed by atoms with E-state index in [9.17, 15) is 4.79 Å². The Kier molecular flexibility index (Phi) is 7.95. The fourth-order valence-electron chi connectivity index (χ4n) is 2.84. The van der Waals surface area contributed by atoms with Gasteiger partial charge in [0.25, 0.3) is 0 Å². The van der Waals surface area contributed by atoms with E-state index in [2.05, 4.69) is 10.2 Å². The molecule has 0 saturated heterocycles. The number of hydrogen-bond acceptors (Lipinski definition) is 4. The molecule has 0 aliphatic heterocycles. The van der Waals surface area contributed by atoms with Gasteiger partial charge in [-0.25, -0.2) is 0 Å². The Labute approximate surface area is 166 Å². The van der Waals surface area contributed by atoms with Gasteiger partial charge in [-0.1, -0.05) is 36.7 Å². The number of carbonyl (C=O) groups is 1. The number of benzene rings is 2. The molecule has 0 radical (unpaired) electrons. The summed E-state index contributed by atoms with van der Waals surface area (Å²) >= 11 is 5.92. The Morgan fingerprint density at radius 1 is 1.11 bits per heavy atom. The molecule has 0 aliphatic carbocycles. The van der Waals surface area contributed by atoms with Crippen molar-refractivity contribution in [3.63, 3.8) is 0 Å². The van der Waals surface area contributed by atoms with Crippen molar-refractivity contribution in [1.29, 1.82) is 0 Å². The van der Waals surface area contributed by atoms with Gasteiger partial charge < -0.3 is 14.8 Å². The minimum atomic E-state index is -0.0745. The van der Waals surface area contributed by atoms with E-state index in [0.717, 1.165) is 17.7 Å². The molecule has 2 rings (SSSR count). The number of hydrogen-bond donors (Lipinski definition) is 1. The number of ether oxygens (including phenoxy) is 2. The summed E-state index contributed by atoms with van der Waals surface area (Å²) in [6.07, 6.45) is 0. The third-order valence-corrected chi connectivity index (χ3v) is 4.67. The van der Waals surface area contributed by atoms with E-state index >= 15 is 0 Å². The first-order chi connectivity index (χ1) is 13.0.